The van der Waals surface area contributed by atoms with Crippen molar-refractivity contribution in [2.45, 2.75) is 11.8 Å². The minimum Gasteiger partial charge on any atom is -0.376 e. The molecule has 0 N–H and O–H groups in total. The van der Waals surface area contributed by atoms with Crippen molar-refractivity contribution in [1.29, 1.82) is 0 Å². The van der Waals surface area contributed by atoms with E-state index in [9.17, 15) is 12.8 Å². The summed E-state index contributed by atoms with van der Waals surface area (Å²) < 4.78 is 42.2. The van der Waals surface area contributed by atoms with E-state index in [4.69, 9.17) is 15.8 Å². The van der Waals surface area contributed by atoms with Crippen LogP contribution in [-0.4, -0.2) is 8.42 Å². The van der Waals surface area contributed by atoms with Crippen LogP contribution in [0.25, 0.3) is 0 Å². The summed E-state index contributed by atoms with van der Waals surface area (Å²) in [4.78, 5) is -0.0440. The van der Waals surface area contributed by atoms with Gasteiger partial charge in [-0.25, -0.2) is 4.39 Å². The fraction of sp³-hybridized carbons (Fsp3) is 0.0769. The molecule has 0 spiro atoms. The van der Waals surface area contributed by atoms with Crippen molar-refractivity contribution in [3.63, 3.8) is 0 Å². The molecule has 0 atom stereocenters. The normalized spacial score (nSPS) is 11.3. The SMILES string of the molecule is Cc1ccc(S(=O)(=O)Oc2cccc(Cl)c2F)cc1. The summed E-state index contributed by atoms with van der Waals surface area (Å²) in [6.07, 6.45) is 0. The van der Waals surface area contributed by atoms with E-state index in [-0.39, 0.29) is 9.92 Å². The van der Waals surface area contributed by atoms with E-state index in [2.05, 4.69) is 0 Å². The van der Waals surface area contributed by atoms with E-state index >= 15 is 0 Å². The first-order chi connectivity index (χ1) is 8.90. The Hall–Kier alpha value is -1.59. The highest BCUT2D eigenvalue weighted by Gasteiger charge is 2.19. The third-order valence-corrected chi connectivity index (χ3v) is 3.97. The number of rotatable bonds is 3. The van der Waals surface area contributed by atoms with Crippen LogP contribution in [-0.2, 0) is 10.1 Å². The lowest BCUT2D eigenvalue weighted by Gasteiger charge is -2.08. The van der Waals surface area contributed by atoms with Gasteiger partial charge >= 0.3 is 10.1 Å². The average Bonchev–Trinajstić information content (AvgIpc) is 2.35. The summed E-state index contributed by atoms with van der Waals surface area (Å²) >= 11 is 5.56. The lowest BCUT2D eigenvalue weighted by atomic mass is 10.2. The maximum Gasteiger partial charge on any atom is 0.339 e. The second-order valence-corrected chi connectivity index (χ2v) is 5.86. The molecule has 0 aliphatic heterocycles. The molecule has 0 unspecified atom stereocenters. The maximum atomic E-state index is 13.6. The van der Waals surface area contributed by atoms with Crippen molar-refractivity contribution in [1.82, 2.24) is 0 Å². The topological polar surface area (TPSA) is 43.4 Å². The molecular weight excluding hydrogens is 291 g/mol. The molecule has 100 valence electrons. The number of aryl methyl sites for hydroxylation is 1. The van der Waals surface area contributed by atoms with Crippen LogP contribution < -0.4 is 4.18 Å². The Morgan fingerprint density at radius 2 is 1.74 bits per heavy atom. The second kappa shape index (κ2) is 5.19. The van der Waals surface area contributed by atoms with E-state index in [1.807, 2.05) is 6.92 Å². The molecule has 2 aromatic carbocycles. The Kier molecular flexibility index (Phi) is 3.78. The Bertz CT molecular complexity index is 696. The summed E-state index contributed by atoms with van der Waals surface area (Å²) in [7, 11) is -4.07. The summed E-state index contributed by atoms with van der Waals surface area (Å²) in [5.41, 5.74) is 0.910. The van der Waals surface area contributed by atoms with Gasteiger partial charge in [0.05, 0.1) is 5.02 Å². The Balaban J connectivity index is 2.36. The van der Waals surface area contributed by atoms with E-state index < -0.39 is 21.7 Å². The van der Waals surface area contributed by atoms with Gasteiger partial charge in [-0.3, -0.25) is 0 Å². The van der Waals surface area contributed by atoms with Gasteiger partial charge in [0.1, 0.15) is 4.90 Å². The molecule has 0 aliphatic carbocycles. The van der Waals surface area contributed by atoms with Crippen LogP contribution >= 0.6 is 11.6 Å². The maximum absolute atomic E-state index is 13.6. The highest BCUT2D eigenvalue weighted by atomic mass is 35.5. The van der Waals surface area contributed by atoms with Crippen molar-refractivity contribution >= 4 is 21.7 Å². The minimum absolute atomic E-state index is 0.0440. The number of hydrogen-bond donors (Lipinski definition) is 0. The highest BCUT2D eigenvalue weighted by Crippen LogP contribution is 2.27. The van der Waals surface area contributed by atoms with Gasteiger partial charge in [-0.15, -0.1) is 0 Å². The number of halogens is 2. The fourth-order valence-electron chi connectivity index (χ4n) is 1.42. The van der Waals surface area contributed by atoms with Crippen LogP contribution in [0.1, 0.15) is 5.56 Å². The highest BCUT2D eigenvalue weighted by molar-refractivity contribution is 7.87. The minimum atomic E-state index is -4.07. The van der Waals surface area contributed by atoms with Gasteiger partial charge in [0.25, 0.3) is 0 Å². The Morgan fingerprint density at radius 3 is 2.37 bits per heavy atom. The van der Waals surface area contributed by atoms with Crippen LogP contribution in [0.5, 0.6) is 5.75 Å². The molecule has 0 aliphatic rings. The molecule has 3 nitrogen and oxygen atoms in total. The standard InChI is InChI=1S/C13H10ClFO3S/c1-9-5-7-10(8-6-9)19(16,17)18-12-4-2-3-11(14)13(12)15/h2-8H,1H3. The van der Waals surface area contributed by atoms with Gasteiger partial charge in [-0.05, 0) is 31.2 Å². The van der Waals surface area contributed by atoms with E-state index in [0.717, 1.165) is 5.56 Å². The average molecular weight is 301 g/mol. The number of hydrogen-bond acceptors (Lipinski definition) is 3. The predicted octanol–water partition coefficient (Wildman–Crippen LogP) is 3.56. The molecule has 2 rings (SSSR count). The smallest absolute Gasteiger partial charge is 0.339 e. The van der Waals surface area contributed by atoms with Crippen LogP contribution in [0.3, 0.4) is 0 Å². The van der Waals surface area contributed by atoms with Crippen molar-refractivity contribution in [3.05, 3.63) is 58.9 Å². The second-order valence-electron chi connectivity index (χ2n) is 3.90. The molecule has 0 bridgehead atoms. The molecule has 0 saturated heterocycles. The monoisotopic (exact) mass is 300 g/mol. The largest absolute Gasteiger partial charge is 0.376 e. The Morgan fingerprint density at radius 1 is 1.11 bits per heavy atom. The summed E-state index contributed by atoms with van der Waals surface area (Å²) in [5.74, 6) is -1.33. The van der Waals surface area contributed by atoms with Crippen LogP contribution in [0, 0.1) is 12.7 Å². The molecule has 0 saturated carbocycles. The van der Waals surface area contributed by atoms with Gasteiger partial charge in [-0.2, -0.15) is 8.42 Å². The third-order valence-electron chi connectivity index (χ3n) is 2.43. The van der Waals surface area contributed by atoms with Gasteiger partial charge in [0.15, 0.2) is 11.6 Å². The molecule has 2 aromatic rings. The van der Waals surface area contributed by atoms with Gasteiger partial charge < -0.3 is 4.18 Å². The summed E-state index contributed by atoms with van der Waals surface area (Å²) in [6.45, 7) is 1.83. The molecule has 0 fully saturated rings. The van der Waals surface area contributed by atoms with E-state index in [0.29, 0.717) is 0 Å². The molecule has 0 aromatic heterocycles. The third kappa shape index (κ3) is 3.05. The van der Waals surface area contributed by atoms with Crippen LogP contribution in [0.15, 0.2) is 47.4 Å². The number of benzene rings is 2. The zero-order chi connectivity index (χ0) is 14.0. The molecule has 0 amide bonds. The van der Waals surface area contributed by atoms with Crippen molar-refractivity contribution in [3.8, 4) is 5.75 Å². The lowest BCUT2D eigenvalue weighted by Crippen LogP contribution is -2.10. The molecule has 19 heavy (non-hydrogen) atoms. The zero-order valence-electron chi connectivity index (χ0n) is 9.93. The molecule has 6 heteroatoms. The van der Waals surface area contributed by atoms with Gasteiger partial charge in [0.2, 0.25) is 0 Å². The quantitative estimate of drug-likeness (QED) is 0.814. The van der Waals surface area contributed by atoms with Gasteiger partial charge in [0, 0.05) is 0 Å². The van der Waals surface area contributed by atoms with E-state index in [1.165, 1.54) is 30.3 Å². The molecule has 0 heterocycles. The van der Waals surface area contributed by atoms with Crippen LogP contribution in [0.2, 0.25) is 5.02 Å². The predicted molar refractivity (Wildman–Crippen MR) is 70.4 cm³/mol. The van der Waals surface area contributed by atoms with E-state index in [1.54, 1.807) is 12.1 Å². The zero-order valence-corrected chi connectivity index (χ0v) is 11.5. The first-order valence-corrected chi connectivity index (χ1v) is 7.14. The first kappa shape index (κ1) is 13.8. The van der Waals surface area contributed by atoms with Gasteiger partial charge in [-0.1, -0.05) is 35.4 Å². The fourth-order valence-corrected chi connectivity index (χ4v) is 2.52. The van der Waals surface area contributed by atoms with Crippen molar-refractivity contribution in [2.75, 3.05) is 0 Å². The van der Waals surface area contributed by atoms with Crippen molar-refractivity contribution < 1.29 is 17.0 Å². The first-order valence-electron chi connectivity index (χ1n) is 5.35. The summed E-state index contributed by atoms with van der Waals surface area (Å²) in [6, 6.07) is 9.97. The molecule has 0 radical (unpaired) electrons. The summed E-state index contributed by atoms with van der Waals surface area (Å²) in [5, 5.41) is -0.198. The Labute approximate surface area is 115 Å². The lowest BCUT2D eigenvalue weighted by molar-refractivity contribution is 0.461. The van der Waals surface area contributed by atoms with Crippen LogP contribution in [0.4, 0.5) is 4.39 Å². The van der Waals surface area contributed by atoms with Crippen molar-refractivity contribution in [2.24, 2.45) is 0 Å². The molecular formula is C13H10ClFO3S.